The van der Waals surface area contributed by atoms with E-state index in [4.69, 9.17) is 9.84 Å². The zero-order valence-electron chi connectivity index (χ0n) is 18.7. The van der Waals surface area contributed by atoms with Crippen molar-refractivity contribution in [2.75, 3.05) is 5.32 Å². The summed E-state index contributed by atoms with van der Waals surface area (Å²) in [5.41, 5.74) is 3.59. The highest BCUT2D eigenvalue weighted by Gasteiger charge is 2.33. The number of fused-ring (bicyclic) bond motifs is 2. The Balaban J connectivity index is 1.41. The average Bonchev–Trinajstić information content (AvgIpc) is 3.53. The van der Waals surface area contributed by atoms with Crippen LogP contribution in [0.4, 0.5) is 5.82 Å². The molecule has 2 aliphatic rings. The molecule has 0 spiro atoms. The summed E-state index contributed by atoms with van der Waals surface area (Å²) in [7, 11) is 0. The minimum Gasteiger partial charge on any atom is -0.490 e. The molecule has 1 aromatic carbocycles. The van der Waals surface area contributed by atoms with Crippen molar-refractivity contribution in [1.29, 1.82) is 0 Å². The third kappa shape index (κ3) is 3.44. The van der Waals surface area contributed by atoms with Gasteiger partial charge in [0.2, 0.25) is 5.91 Å². The molecule has 0 bridgehead atoms. The van der Waals surface area contributed by atoms with E-state index in [1.54, 1.807) is 9.20 Å². The van der Waals surface area contributed by atoms with Gasteiger partial charge in [0.15, 0.2) is 17.3 Å². The van der Waals surface area contributed by atoms with Crippen molar-refractivity contribution >= 4 is 17.4 Å². The number of carbonyl (C=O) groups is 1. The summed E-state index contributed by atoms with van der Waals surface area (Å²) in [6.07, 6.45) is 5.32. The molecule has 1 amide bonds. The number of hydrogen-bond acceptors (Lipinski definition) is 6. The van der Waals surface area contributed by atoms with Gasteiger partial charge in [-0.05, 0) is 69.4 Å². The molecule has 6 rings (SSSR count). The SMILES string of the molecule is Cc1nn(-c2ccc3nnc(C)n3n2)c2c1C(c1cccc(OC3CCCC3)c1)CC(=O)N2. The van der Waals surface area contributed by atoms with Crippen LogP contribution in [-0.2, 0) is 4.79 Å². The normalized spacial score (nSPS) is 18.5. The van der Waals surface area contributed by atoms with Crippen LogP contribution in [0.15, 0.2) is 36.4 Å². The molecule has 1 aliphatic carbocycles. The van der Waals surface area contributed by atoms with E-state index >= 15 is 0 Å². The molecular weight excluding hydrogens is 418 g/mol. The van der Waals surface area contributed by atoms with E-state index < -0.39 is 0 Å². The molecule has 33 heavy (non-hydrogen) atoms. The molecule has 1 fully saturated rings. The monoisotopic (exact) mass is 443 g/mol. The van der Waals surface area contributed by atoms with E-state index in [-0.39, 0.29) is 17.9 Å². The maximum Gasteiger partial charge on any atom is 0.226 e. The third-order valence-corrected chi connectivity index (χ3v) is 6.59. The number of aryl methyl sites for hydroxylation is 2. The van der Waals surface area contributed by atoms with Crippen LogP contribution in [0.3, 0.4) is 0 Å². The van der Waals surface area contributed by atoms with Crippen LogP contribution in [0.2, 0.25) is 0 Å². The third-order valence-electron chi connectivity index (χ3n) is 6.59. The minimum absolute atomic E-state index is 0.0441. The number of benzene rings is 1. The van der Waals surface area contributed by atoms with Gasteiger partial charge in [-0.3, -0.25) is 4.79 Å². The summed E-state index contributed by atoms with van der Waals surface area (Å²) in [6, 6.07) is 11.8. The number of hydrogen-bond donors (Lipinski definition) is 1. The number of nitrogens with one attached hydrogen (secondary N) is 1. The van der Waals surface area contributed by atoms with E-state index in [2.05, 4.69) is 32.7 Å². The van der Waals surface area contributed by atoms with Crippen LogP contribution in [0.5, 0.6) is 5.75 Å². The fourth-order valence-electron chi connectivity index (χ4n) is 5.00. The number of carbonyl (C=O) groups excluding carboxylic acids is 1. The van der Waals surface area contributed by atoms with Crippen LogP contribution >= 0.6 is 0 Å². The summed E-state index contributed by atoms with van der Waals surface area (Å²) in [4.78, 5) is 12.8. The van der Waals surface area contributed by atoms with Gasteiger partial charge in [0, 0.05) is 17.9 Å². The van der Waals surface area contributed by atoms with Gasteiger partial charge in [0.05, 0.1) is 11.8 Å². The highest BCUT2D eigenvalue weighted by Crippen LogP contribution is 2.41. The lowest BCUT2D eigenvalue weighted by atomic mass is 9.85. The van der Waals surface area contributed by atoms with Crippen molar-refractivity contribution in [3.63, 3.8) is 0 Å². The Hall–Kier alpha value is -3.75. The first-order chi connectivity index (χ1) is 16.1. The fourth-order valence-corrected chi connectivity index (χ4v) is 5.00. The summed E-state index contributed by atoms with van der Waals surface area (Å²) in [6.45, 7) is 3.82. The highest BCUT2D eigenvalue weighted by atomic mass is 16.5. The predicted molar refractivity (Wildman–Crippen MR) is 122 cm³/mol. The Labute approximate surface area is 190 Å². The van der Waals surface area contributed by atoms with Gasteiger partial charge in [-0.1, -0.05) is 12.1 Å². The van der Waals surface area contributed by atoms with E-state index in [0.29, 0.717) is 29.5 Å². The average molecular weight is 444 g/mol. The standard InChI is InChI=1S/C24H25N7O2/c1-14-23-19(16-6-5-9-18(12-16)33-17-7-3-4-8-17)13-22(32)25-24(23)31(28-14)21-11-10-20-27-26-15(2)30(20)29-21/h5-6,9-12,17,19H,3-4,7-8,13H2,1-2H3,(H,25,32). The number of rotatable bonds is 4. The zero-order chi connectivity index (χ0) is 22.5. The van der Waals surface area contributed by atoms with Gasteiger partial charge in [0.1, 0.15) is 11.6 Å². The molecule has 1 N–H and O–H groups in total. The Morgan fingerprint density at radius 1 is 1.06 bits per heavy atom. The molecule has 168 valence electrons. The number of ether oxygens (including phenoxy) is 1. The van der Waals surface area contributed by atoms with Crippen molar-refractivity contribution in [1.82, 2.24) is 29.6 Å². The van der Waals surface area contributed by atoms with Gasteiger partial charge in [-0.25, -0.2) is 0 Å². The van der Waals surface area contributed by atoms with Gasteiger partial charge < -0.3 is 10.1 Å². The molecule has 4 aromatic rings. The molecule has 1 atom stereocenters. The smallest absolute Gasteiger partial charge is 0.226 e. The fraction of sp³-hybridized carbons (Fsp3) is 0.375. The zero-order valence-corrected chi connectivity index (χ0v) is 18.7. The molecular formula is C24H25N7O2. The second-order valence-corrected chi connectivity index (χ2v) is 8.87. The van der Waals surface area contributed by atoms with Crippen molar-refractivity contribution in [2.24, 2.45) is 0 Å². The Kier molecular flexibility index (Phi) is 4.63. The number of nitrogens with zero attached hydrogens (tertiary/aromatic N) is 6. The lowest BCUT2D eigenvalue weighted by molar-refractivity contribution is -0.116. The van der Waals surface area contributed by atoms with Crippen LogP contribution in [0, 0.1) is 13.8 Å². The molecule has 9 heteroatoms. The lowest BCUT2D eigenvalue weighted by Gasteiger charge is -2.25. The van der Waals surface area contributed by atoms with Crippen LogP contribution in [0.25, 0.3) is 11.5 Å². The topological polar surface area (TPSA) is 99.2 Å². The minimum atomic E-state index is -0.102. The summed E-state index contributed by atoms with van der Waals surface area (Å²) < 4.78 is 9.60. The summed E-state index contributed by atoms with van der Waals surface area (Å²) in [5, 5.41) is 20.6. The molecule has 1 saturated carbocycles. The Morgan fingerprint density at radius 3 is 2.76 bits per heavy atom. The van der Waals surface area contributed by atoms with E-state index in [9.17, 15) is 4.79 Å². The lowest BCUT2D eigenvalue weighted by Crippen LogP contribution is -2.25. The van der Waals surface area contributed by atoms with Gasteiger partial charge >= 0.3 is 0 Å². The Bertz CT molecular complexity index is 1370. The summed E-state index contributed by atoms with van der Waals surface area (Å²) >= 11 is 0. The molecule has 1 unspecified atom stereocenters. The quantitative estimate of drug-likeness (QED) is 0.516. The second kappa shape index (κ2) is 7.68. The van der Waals surface area contributed by atoms with Crippen LogP contribution in [-0.4, -0.2) is 41.6 Å². The largest absolute Gasteiger partial charge is 0.490 e. The summed E-state index contributed by atoms with van der Waals surface area (Å²) in [5.74, 6) is 2.66. The maximum atomic E-state index is 12.8. The molecule has 9 nitrogen and oxygen atoms in total. The number of anilines is 1. The molecule has 1 aliphatic heterocycles. The predicted octanol–water partition coefficient (Wildman–Crippen LogP) is 3.72. The highest BCUT2D eigenvalue weighted by molar-refractivity contribution is 5.95. The van der Waals surface area contributed by atoms with Crippen LogP contribution < -0.4 is 10.1 Å². The first kappa shape index (κ1) is 19.9. The molecule has 0 radical (unpaired) electrons. The first-order valence-electron chi connectivity index (χ1n) is 11.4. The van der Waals surface area contributed by atoms with Crippen molar-refractivity contribution in [3.8, 4) is 11.6 Å². The maximum absolute atomic E-state index is 12.8. The second-order valence-electron chi connectivity index (χ2n) is 8.87. The molecule has 0 saturated heterocycles. The first-order valence-corrected chi connectivity index (χ1v) is 11.4. The van der Waals surface area contributed by atoms with Gasteiger partial charge in [-0.2, -0.15) is 14.3 Å². The van der Waals surface area contributed by atoms with Crippen molar-refractivity contribution < 1.29 is 9.53 Å². The van der Waals surface area contributed by atoms with Crippen molar-refractivity contribution in [3.05, 3.63) is 59.0 Å². The number of amides is 1. The van der Waals surface area contributed by atoms with Gasteiger partial charge in [-0.15, -0.1) is 15.3 Å². The van der Waals surface area contributed by atoms with Crippen molar-refractivity contribution in [2.45, 2.75) is 58.0 Å². The van der Waals surface area contributed by atoms with Crippen LogP contribution in [0.1, 0.15) is 60.7 Å². The Morgan fingerprint density at radius 2 is 1.91 bits per heavy atom. The molecule has 4 heterocycles. The number of aromatic nitrogens is 6. The van der Waals surface area contributed by atoms with Gasteiger partial charge in [0.25, 0.3) is 0 Å². The van der Waals surface area contributed by atoms with E-state index in [1.807, 2.05) is 38.1 Å². The molecule has 3 aromatic heterocycles. The van der Waals surface area contributed by atoms with E-state index in [1.165, 1.54) is 12.8 Å². The van der Waals surface area contributed by atoms with E-state index in [0.717, 1.165) is 35.4 Å².